The molecular weight excluding hydrogens is 313 g/mol. The number of amides is 1. The van der Waals surface area contributed by atoms with Crippen LogP contribution in [0.5, 0.6) is 0 Å². The highest BCUT2D eigenvalue weighted by Crippen LogP contribution is 2.31. The van der Waals surface area contributed by atoms with Gasteiger partial charge >= 0.3 is 6.18 Å². The van der Waals surface area contributed by atoms with Crippen molar-refractivity contribution in [3.8, 4) is 6.07 Å². The highest BCUT2D eigenvalue weighted by molar-refractivity contribution is 6.10. The Morgan fingerprint density at radius 1 is 1.48 bits per heavy atom. The molecule has 1 fully saturated rings. The number of hydrogen-bond donors (Lipinski definition) is 0. The Balaban J connectivity index is 2.10. The SMILES string of the molecule is N#C[C@@H](C(=O)/C=C/c1ccco1)C(=O)N(CC(F)(F)F)C1CC1. The van der Waals surface area contributed by atoms with Gasteiger partial charge in [-0.25, -0.2) is 0 Å². The van der Waals surface area contributed by atoms with E-state index in [2.05, 4.69) is 0 Å². The van der Waals surface area contributed by atoms with Gasteiger partial charge in [0.05, 0.1) is 12.3 Å². The van der Waals surface area contributed by atoms with Gasteiger partial charge in [0.2, 0.25) is 5.91 Å². The second-order valence-electron chi connectivity index (χ2n) is 5.13. The average Bonchev–Trinajstić information content (AvgIpc) is 3.18. The number of furan rings is 1. The molecule has 0 aromatic carbocycles. The number of hydrogen-bond acceptors (Lipinski definition) is 4. The predicted octanol–water partition coefficient (Wildman–Crippen LogP) is 2.55. The summed E-state index contributed by atoms with van der Waals surface area (Å²) in [7, 11) is 0. The number of carbonyl (C=O) groups is 2. The van der Waals surface area contributed by atoms with Crippen molar-refractivity contribution in [1.82, 2.24) is 4.90 Å². The molecular formula is C15H13F3N2O3. The van der Waals surface area contributed by atoms with Crippen LogP contribution in [0.15, 0.2) is 28.9 Å². The molecule has 5 nitrogen and oxygen atoms in total. The van der Waals surface area contributed by atoms with E-state index in [-0.39, 0.29) is 0 Å². The smallest absolute Gasteiger partial charge is 0.406 e. The van der Waals surface area contributed by atoms with Crippen LogP contribution in [0.2, 0.25) is 0 Å². The second kappa shape index (κ2) is 6.69. The van der Waals surface area contributed by atoms with E-state index in [4.69, 9.17) is 9.68 Å². The number of nitrogens with zero attached hydrogens (tertiary/aromatic N) is 2. The van der Waals surface area contributed by atoms with Crippen LogP contribution >= 0.6 is 0 Å². The summed E-state index contributed by atoms with van der Waals surface area (Å²) in [6, 6.07) is 4.06. The van der Waals surface area contributed by atoms with Crippen molar-refractivity contribution in [2.24, 2.45) is 5.92 Å². The fourth-order valence-corrected chi connectivity index (χ4v) is 2.02. The van der Waals surface area contributed by atoms with E-state index in [9.17, 15) is 22.8 Å². The maximum atomic E-state index is 12.6. The molecule has 0 unspecified atom stereocenters. The van der Waals surface area contributed by atoms with Crippen molar-refractivity contribution in [2.75, 3.05) is 6.54 Å². The Labute approximate surface area is 130 Å². The monoisotopic (exact) mass is 326 g/mol. The minimum absolute atomic E-state index is 0.330. The molecule has 1 aromatic heterocycles. The van der Waals surface area contributed by atoms with Gasteiger partial charge in [0.1, 0.15) is 12.3 Å². The number of carbonyl (C=O) groups excluding carboxylic acids is 2. The Hall–Kier alpha value is -2.56. The van der Waals surface area contributed by atoms with Crippen molar-refractivity contribution >= 4 is 17.8 Å². The summed E-state index contributed by atoms with van der Waals surface area (Å²) >= 11 is 0. The summed E-state index contributed by atoms with van der Waals surface area (Å²) < 4.78 is 42.7. The molecule has 0 aliphatic heterocycles. The summed E-state index contributed by atoms with van der Waals surface area (Å²) in [5.41, 5.74) is 0. The van der Waals surface area contributed by atoms with Crippen LogP contribution in [-0.4, -0.2) is 35.4 Å². The first-order chi connectivity index (χ1) is 10.8. The summed E-state index contributed by atoms with van der Waals surface area (Å²) in [6.07, 6.45) is -0.109. The van der Waals surface area contributed by atoms with E-state index in [1.807, 2.05) is 0 Å². The zero-order valence-electron chi connectivity index (χ0n) is 11.9. The Kier molecular flexibility index (Phi) is 4.89. The zero-order valence-corrected chi connectivity index (χ0v) is 11.9. The molecule has 1 aliphatic rings. The third-order valence-corrected chi connectivity index (χ3v) is 3.24. The molecule has 23 heavy (non-hydrogen) atoms. The molecule has 1 aliphatic carbocycles. The number of rotatable bonds is 6. The molecule has 0 radical (unpaired) electrons. The molecule has 0 spiro atoms. The summed E-state index contributed by atoms with van der Waals surface area (Å²) in [5, 5.41) is 9.02. The largest absolute Gasteiger partial charge is 0.465 e. The lowest BCUT2D eigenvalue weighted by Crippen LogP contribution is -2.45. The summed E-state index contributed by atoms with van der Waals surface area (Å²) in [5.74, 6) is -3.44. The summed E-state index contributed by atoms with van der Waals surface area (Å²) in [6.45, 7) is -1.45. The van der Waals surface area contributed by atoms with Crippen molar-refractivity contribution in [2.45, 2.75) is 25.1 Å². The Morgan fingerprint density at radius 2 is 2.17 bits per heavy atom. The highest BCUT2D eigenvalue weighted by Gasteiger charge is 2.43. The predicted molar refractivity (Wildman–Crippen MR) is 72.6 cm³/mol. The van der Waals surface area contributed by atoms with Crippen LogP contribution in [0.25, 0.3) is 6.08 Å². The number of nitriles is 1. The van der Waals surface area contributed by atoms with E-state index >= 15 is 0 Å². The van der Waals surface area contributed by atoms with Gasteiger partial charge in [0.15, 0.2) is 11.7 Å². The van der Waals surface area contributed by atoms with Gasteiger partial charge in [-0.05, 0) is 37.1 Å². The molecule has 2 rings (SSSR count). The molecule has 1 atom stereocenters. The molecule has 1 saturated carbocycles. The molecule has 0 saturated heterocycles. The topological polar surface area (TPSA) is 74.3 Å². The first-order valence-electron chi connectivity index (χ1n) is 6.84. The van der Waals surface area contributed by atoms with Crippen LogP contribution in [0.1, 0.15) is 18.6 Å². The minimum atomic E-state index is -4.58. The van der Waals surface area contributed by atoms with E-state index in [1.165, 1.54) is 18.4 Å². The Bertz CT molecular complexity index is 640. The normalized spacial score (nSPS) is 16.1. The molecule has 1 heterocycles. The van der Waals surface area contributed by atoms with Crippen LogP contribution in [-0.2, 0) is 9.59 Å². The fourth-order valence-electron chi connectivity index (χ4n) is 2.02. The molecule has 1 aromatic rings. The van der Waals surface area contributed by atoms with Crippen LogP contribution < -0.4 is 0 Å². The molecule has 1 amide bonds. The van der Waals surface area contributed by atoms with Crippen LogP contribution in [0.4, 0.5) is 13.2 Å². The molecule has 0 bridgehead atoms. The van der Waals surface area contributed by atoms with Gasteiger partial charge in [-0.2, -0.15) is 18.4 Å². The van der Waals surface area contributed by atoms with Crippen LogP contribution in [0.3, 0.4) is 0 Å². The maximum Gasteiger partial charge on any atom is 0.406 e. The van der Waals surface area contributed by atoms with E-state index in [0.29, 0.717) is 23.5 Å². The van der Waals surface area contributed by atoms with Gasteiger partial charge in [-0.1, -0.05) is 0 Å². The number of alkyl halides is 3. The van der Waals surface area contributed by atoms with Crippen LogP contribution in [0, 0.1) is 17.2 Å². The van der Waals surface area contributed by atoms with Gasteiger partial charge in [-0.15, -0.1) is 0 Å². The number of allylic oxidation sites excluding steroid dienone is 1. The first kappa shape index (κ1) is 16.8. The van der Waals surface area contributed by atoms with Gasteiger partial charge < -0.3 is 9.32 Å². The van der Waals surface area contributed by atoms with Crippen molar-refractivity contribution in [3.63, 3.8) is 0 Å². The number of ketones is 1. The van der Waals surface area contributed by atoms with Gasteiger partial charge in [0.25, 0.3) is 0 Å². The van der Waals surface area contributed by atoms with Crippen molar-refractivity contribution < 1.29 is 27.2 Å². The third kappa shape index (κ3) is 4.71. The van der Waals surface area contributed by atoms with Gasteiger partial charge in [0, 0.05) is 6.04 Å². The molecule has 8 heteroatoms. The van der Waals surface area contributed by atoms with E-state index in [1.54, 1.807) is 12.1 Å². The summed E-state index contributed by atoms with van der Waals surface area (Å²) in [4.78, 5) is 24.7. The average molecular weight is 326 g/mol. The molecule has 122 valence electrons. The lowest BCUT2D eigenvalue weighted by molar-refractivity contribution is -0.164. The second-order valence-corrected chi connectivity index (χ2v) is 5.13. The third-order valence-electron chi connectivity index (χ3n) is 3.24. The molecule has 0 N–H and O–H groups in total. The van der Waals surface area contributed by atoms with Crippen molar-refractivity contribution in [3.05, 3.63) is 30.2 Å². The minimum Gasteiger partial charge on any atom is -0.465 e. The fraction of sp³-hybridized carbons (Fsp3) is 0.400. The maximum absolute atomic E-state index is 12.6. The van der Waals surface area contributed by atoms with Gasteiger partial charge in [-0.3, -0.25) is 9.59 Å². The van der Waals surface area contributed by atoms with E-state index < -0.39 is 36.4 Å². The quantitative estimate of drug-likeness (QED) is 0.595. The lowest BCUT2D eigenvalue weighted by atomic mass is 10.0. The van der Waals surface area contributed by atoms with E-state index in [0.717, 1.165) is 6.08 Å². The van der Waals surface area contributed by atoms with Crippen molar-refractivity contribution in [1.29, 1.82) is 5.26 Å². The Morgan fingerprint density at radius 3 is 2.65 bits per heavy atom. The number of halogens is 3. The zero-order chi connectivity index (χ0) is 17.0. The highest BCUT2D eigenvalue weighted by atomic mass is 19.4. The lowest BCUT2D eigenvalue weighted by Gasteiger charge is -2.25. The first-order valence-corrected chi connectivity index (χ1v) is 6.84. The standard InChI is InChI=1S/C15H13F3N2O3/c16-15(17,18)9-20(10-3-4-10)14(22)12(8-19)13(21)6-5-11-2-1-7-23-11/h1-2,5-7,10,12H,3-4,9H2/b6-5+/t12-/m0/s1.